The van der Waals surface area contributed by atoms with Crippen molar-refractivity contribution in [2.24, 2.45) is 5.92 Å². The van der Waals surface area contributed by atoms with Gasteiger partial charge in [-0.25, -0.2) is 4.79 Å². The van der Waals surface area contributed by atoms with Crippen LogP contribution in [0.25, 0.3) is 11.0 Å². The molecule has 0 unspecified atom stereocenters. The van der Waals surface area contributed by atoms with Gasteiger partial charge in [0.25, 0.3) is 0 Å². The first-order chi connectivity index (χ1) is 12.4. The molecule has 0 radical (unpaired) electrons. The lowest BCUT2D eigenvalue weighted by Crippen LogP contribution is -2.61. The van der Waals surface area contributed by atoms with Gasteiger partial charge in [-0.15, -0.1) is 0 Å². The number of aliphatic hydroxyl groups is 1. The normalized spacial score (nSPS) is 26.7. The van der Waals surface area contributed by atoms with Gasteiger partial charge in [-0.1, -0.05) is 6.07 Å². The van der Waals surface area contributed by atoms with Crippen molar-refractivity contribution in [3.8, 4) is 0 Å². The maximum atomic E-state index is 12.3. The van der Waals surface area contributed by atoms with Crippen LogP contribution in [0.2, 0.25) is 0 Å². The van der Waals surface area contributed by atoms with Gasteiger partial charge in [0.2, 0.25) is 0 Å². The zero-order valence-electron chi connectivity index (χ0n) is 15.3. The number of rotatable bonds is 2. The molecule has 2 fully saturated rings. The van der Waals surface area contributed by atoms with Crippen molar-refractivity contribution >= 4 is 28.8 Å². The van der Waals surface area contributed by atoms with Gasteiger partial charge in [0.1, 0.15) is 11.0 Å². The molecule has 1 aromatic carbocycles. The number of amides is 2. The molecule has 2 aromatic rings. The number of nitrogens with zero attached hydrogens (tertiary/aromatic N) is 5. The first-order valence-corrected chi connectivity index (χ1v) is 9.80. The van der Waals surface area contributed by atoms with E-state index < -0.39 is 5.60 Å². The van der Waals surface area contributed by atoms with Crippen molar-refractivity contribution in [2.45, 2.75) is 25.0 Å². The highest BCUT2D eigenvalue weighted by molar-refractivity contribution is 7.00. The summed E-state index contributed by atoms with van der Waals surface area (Å²) in [5.74, 6) is 0.0959. The Kier molecular flexibility index (Phi) is 4.58. The van der Waals surface area contributed by atoms with Gasteiger partial charge in [0.15, 0.2) is 0 Å². The minimum atomic E-state index is -0.637. The average Bonchev–Trinajstić information content (AvgIpc) is 3.08. The molecule has 0 bridgehead atoms. The van der Waals surface area contributed by atoms with Crippen LogP contribution < -0.4 is 0 Å². The van der Waals surface area contributed by atoms with Gasteiger partial charge in [0.05, 0.1) is 17.3 Å². The zero-order chi connectivity index (χ0) is 18.3. The highest BCUT2D eigenvalue weighted by atomic mass is 32.1. The van der Waals surface area contributed by atoms with E-state index in [1.165, 1.54) is 17.3 Å². The van der Waals surface area contributed by atoms with Gasteiger partial charge < -0.3 is 14.9 Å². The van der Waals surface area contributed by atoms with Crippen LogP contribution >= 0.6 is 11.7 Å². The van der Waals surface area contributed by atoms with Crippen LogP contribution in [0.1, 0.15) is 18.4 Å². The number of hydrogen-bond acceptors (Lipinski definition) is 6. The number of benzene rings is 1. The summed E-state index contributed by atoms with van der Waals surface area (Å²) >= 11 is 1.24. The Morgan fingerprint density at radius 3 is 2.85 bits per heavy atom. The highest BCUT2D eigenvalue weighted by Gasteiger charge is 2.45. The third-order valence-corrected chi connectivity index (χ3v) is 6.29. The van der Waals surface area contributed by atoms with E-state index in [-0.39, 0.29) is 11.9 Å². The molecule has 7 nitrogen and oxygen atoms in total. The summed E-state index contributed by atoms with van der Waals surface area (Å²) in [4.78, 5) is 18.2. The summed E-state index contributed by atoms with van der Waals surface area (Å²) in [5.41, 5.74) is 2.47. The highest BCUT2D eigenvalue weighted by Crippen LogP contribution is 2.36. The molecule has 3 heterocycles. The Morgan fingerprint density at radius 2 is 2.04 bits per heavy atom. The molecule has 2 aliphatic rings. The van der Waals surface area contributed by atoms with Gasteiger partial charge in [-0.05, 0) is 30.5 Å². The number of aromatic nitrogens is 2. The monoisotopic (exact) mass is 375 g/mol. The summed E-state index contributed by atoms with van der Waals surface area (Å²) in [6, 6.07) is 6.26. The number of carbonyl (C=O) groups excluding carboxylic acids is 1. The van der Waals surface area contributed by atoms with E-state index in [1.54, 1.807) is 19.0 Å². The Hall–Kier alpha value is -1.77. The van der Waals surface area contributed by atoms with Crippen molar-refractivity contribution in [3.63, 3.8) is 0 Å². The van der Waals surface area contributed by atoms with Crippen molar-refractivity contribution in [2.75, 3.05) is 40.3 Å². The minimum Gasteiger partial charge on any atom is -0.389 e. The van der Waals surface area contributed by atoms with Gasteiger partial charge in [0, 0.05) is 52.7 Å². The minimum absolute atomic E-state index is 0.0330. The second-order valence-corrected chi connectivity index (χ2v) is 8.27. The first kappa shape index (κ1) is 17.6. The van der Waals surface area contributed by atoms with Crippen LogP contribution in [0.4, 0.5) is 4.79 Å². The number of urea groups is 1. The van der Waals surface area contributed by atoms with Crippen LogP contribution in [0.15, 0.2) is 18.2 Å². The Morgan fingerprint density at radius 1 is 1.27 bits per heavy atom. The number of fused-ring (bicyclic) bond motifs is 2. The van der Waals surface area contributed by atoms with E-state index in [9.17, 15) is 9.90 Å². The summed E-state index contributed by atoms with van der Waals surface area (Å²) in [7, 11) is 3.56. The fraction of sp³-hybridized carbons (Fsp3) is 0.611. The van der Waals surface area contributed by atoms with E-state index in [0.29, 0.717) is 19.5 Å². The molecule has 0 saturated carbocycles. The summed E-state index contributed by atoms with van der Waals surface area (Å²) in [5, 5.41) is 11.0. The molecule has 2 saturated heterocycles. The number of hydrogen-bond donors (Lipinski definition) is 1. The Bertz CT molecular complexity index is 810. The van der Waals surface area contributed by atoms with Crippen LogP contribution in [0.3, 0.4) is 0 Å². The Balaban J connectivity index is 1.44. The van der Waals surface area contributed by atoms with Gasteiger partial charge >= 0.3 is 6.03 Å². The fourth-order valence-electron chi connectivity index (χ4n) is 4.16. The van der Waals surface area contributed by atoms with E-state index >= 15 is 0 Å². The molecule has 26 heavy (non-hydrogen) atoms. The Labute approximate surface area is 157 Å². The predicted octanol–water partition coefficient (Wildman–Crippen LogP) is 1.63. The molecule has 0 aliphatic carbocycles. The molecular weight excluding hydrogens is 350 g/mol. The van der Waals surface area contributed by atoms with Crippen molar-refractivity contribution in [3.05, 3.63) is 23.8 Å². The zero-order valence-corrected chi connectivity index (χ0v) is 16.1. The third kappa shape index (κ3) is 3.28. The predicted molar refractivity (Wildman–Crippen MR) is 101 cm³/mol. The molecule has 0 spiro atoms. The smallest absolute Gasteiger partial charge is 0.319 e. The topological polar surface area (TPSA) is 72.8 Å². The second kappa shape index (κ2) is 6.75. The van der Waals surface area contributed by atoms with Crippen molar-refractivity contribution in [1.29, 1.82) is 0 Å². The van der Waals surface area contributed by atoms with E-state index in [1.807, 2.05) is 11.0 Å². The van der Waals surface area contributed by atoms with Gasteiger partial charge in [-0.3, -0.25) is 4.90 Å². The lowest BCUT2D eigenvalue weighted by molar-refractivity contribution is -0.108. The molecule has 4 rings (SSSR count). The number of carbonyl (C=O) groups is 1. The molecule has 1 N–H and O–H groups in total. The van der Waals surface area contributed by atoms with Gasteiger partial charge in [-0.2, -0.15) is 8.75 Å². The molecule has 1 aromatic heterocycles. The van der Waals surface area contributed by atoms with Crippen LogP contribution in [0.5, 0.6) is 0 Å². The second-order valence-electron chi connectivity index (χ2n) is 7.75. The molecule has 2 amide bonds. The number of piperidine rings is 2. The first-order valence-electron chi connectivity index (χ1n) is 9.07. The fourth-order valence-corrected chi connectivity index (χ4v) is 4.67. The maximum Gasteiger partial charge on any atom is 0.319 e. The van der Waals surface area contributed by atoms with E-state index in [0.717, 1.165) is 37.1 Å². The molecule has 8 heteroatoms. The molecule has 2 aliphatic heterocycles. The summed E-state index contributed by atoms with van der Waals surface area (Å²) in [6.07, 6.45) is 1.43. The van der Waals surface area contributed by atoms with Crippen LogP contribution in [-0.4, -0.2) is 80.5 Å². The third-order valence-electron chi connectivity index (χ3n) is 5.73. The standard InChI is InChI=1S/C18H25N5O2S/c1-21(2)17(24)23-8-6-18(25)5-7-22(11-14(18)12-23)10-13-3-4-15-16(9-13)20-26-19-15/h3-4,9,14,25H,5-8,10-12H2,1-2H3/t14-,18-/m1/s1. The number of likely N-dealkylation sites (tertiary alicyclic amines) is 2. The van der Waals surface area contributed by atoms with Crippen LogP contribution in [-0.2, 0) is 6.54 Å². The average molecular weight is 375 g/mol. The lowest BCUT2D eigenvalue weighted by atomic mass is 9.75. The lowest BCUT2D eigenvalue weighted by Gasteiger charge is -2.50. The summed E-state index contributed by atoms with van der Waals surface area (Å²) in [6.45, 7) is 3.78. The van der Waals surface area contributed by atoms with Crippen molar-refractivity contribution < 1.29 is 9.90 Å². The van der Waals surface area contributed by atoms with E-state index in [4.69, 9.17) is 0 Å². The molecule has 2 atom stereocenters. The molecule has 140 valence electrons. The quantitative estimate of drug-likeness (QED) is 0.864. The van der Waals surface area contributed by atoms with Crippen LogP contribution in [0, 0.1) is 5.92 Å². The maximum absolute atomic E-state index is 12.3. The largest absolute Gasteiger partial charge is 0.389 e. The van der Waals surface area contributed by atoms with Crippen molar-refractivity contribution in [1.82, 2.24) is 23.4 Å². The van der Waals surface area contributed by atoms with E-state index in [2.05, 4.69) is 25.8 Å². The molecular formula is C18H25N5O2S. The summed E-state index contributed by atoms with van der Waals surface area (Å²) < 4.78 is 8.57. The SMILES string of the molecule is CN(C)C(=O)N1CC[C@]2(O)CCN(Cc3ccc4nsnc4c3)C[C@@H]2C1.